The molecule has 2 aliphatic rings. The van der Waals surface area contributed by atoms with Crippen LogP contribution >= 0.6 is 0 Å². The zero-order valence-electron chi connectivity index (χ0n) is 16.8. The van der Waals surface area contributed by atoms with Crippen LogP contribution in [0.5, 0.6) is 0 Å². The molecule has 1 aromatic carbocycles. The van der Waals surface area contributed by atoms with E-state index in [-0.39, 0.29) is 11.3 Å². The second-order valence-corrected chi connectivity index (χ2v) is 8.95. The van der Waals surface area contributed by atoms with E-state index >= 15 is 0 Å². The van der Waals surface area contributed by atoms with Gasteiger partial charge >= 0.3 is 0 Å². The Bertz CT molecular complexity index is 876. The molecule has 1 fully saturated rings. The highest BCUT2D eigenvalue weighted by molar-refractivity contribution is 5.94. The molecule has 4 nitrogen and oxygen atoms in total. The summed E-state index contributed by atoms with van der Waals surface area (Å²) in [6.07, 6.45) is 4.12. The summed E-state index contributed by atoms with van der Waals surface area (Å²) < 4.78 is 0. The molecule has 0 unspecified atom stereocenters. The molecule has 2 aromatic rings. The molecule has 3 heterocycles. The average molecular weight is 364 g/mol. The van der Waals surface area contributed by atoms with Gasteiger partial charge in [0.2, 0.25) is 0 Å². The fourth-order valence-corrected chi connectivity index (χ4v) is 4.24. The van der Waals surface area contributed by atoms with Crippen molar-refractivity contribution in [3.05, 3.63) is 64.0 Å². The van der Waals surface area contributed by atoms with E-state index in [0.29, 0.717) is 19.1 Å². The number of aryl methyl sites for hydroxylation is 1. The van der Waals surface area contributed by atoms with Crippen molar-refractivity contribution in [2.45, 2.75) is 65.1 Å². The molecule has 1 atom stereocenters. The van der Waals surface area contributed by atoms with Gasteiger partial charge in [0.1, 0.15) is 0 Å². The van der Waals surface area contributed by atoms with E-state index in [4.69, 9.17) is 0 Å². The fraction of sp³-hybridized carbons (Fsp3) is 0.478. The standard InChI is InChI=1S/C23H29N3O/c1-15-10-16(7-9-24-15)22(27)26-13-17-11-18(23(2,3)4)12-19(20(17)14-26)21-6-5-8-25-21/h7,9-12,21,25H,5-6,8,13-14H2,1-4H3/t21-/m0/s1. The molecule has 0 aliphatic carbocycles. The van der Waals surface area contributed by atoms with Gasteiger partial charge in [0.15, 0.2) is 0 Å². The number of rotatable bonds is 2. The highest BCUT2D eigenvalue weighted by Gasteiger charge is 2.31. The highest BCUT2D eigenvalue weighted by Crippen LogP contribution is 2.37. The van der Waals surface area contributed by atoms with Crippen molar-refractivity contribution >= 4 is 5.91 Å². The minimum Gasteiger partial charge on any atom is -0.330 e. The van der Waals surface area contributed by atoms with Gasteiger partial charge in [0.05, 0.1) is 0 Å². The first-order valence-corrected chi connectivity index (χ1v) is 9.94. The summed E-state index contributed by atoms with van der Waals surface area (Å²) in [5, 5.41) is 3.65. The molecule has 0 saturated carbocycles. The van der Waals surface area contributed by atoms with Gasteiger partial charge in [-0.25, -0.2) is 0 Å². The van der Waals surface area contributed by atoms with Crippen molar-refractivity contribution in [3.63, 3.8) is 0 Å². The van der Waals surface area contributed by atoms with Crippen molar-refractivity contribution in [1.29, 1.82) is 0 Å². The summed E-state index contributed by atoms with van der Waals surface area (Å²) in [5.41, 5.74) is 7.12. The largest absolute Gasteiger partial charge is 0.330 e. The van der Waals surface area contributed by atoms with E-state index < -0.39 is 0 Å². The van der Waals surface area contributed by atoms with Gasteiger partial charge in [-0.2, -0.15) is 0 Å². The Kier molecular flexibility index (Phi) is 4.55. The zero-order chi connectivity index (χ0) is 19.2. The van der Waals surface area contributed by atoms with Gasteiger partial charge in [-0.05, 0) is 66.1 Å². The van der Waals surface area contributed by atoms with Crippen LogP contribution in [-0.4, -0.2) is 22.3 Å². The predicted octanol–water partition coefficient (Wildman–Crippen LogP) is 4.27. The second kappa shape index (κ2) is 6.75. The minimum atomic E-state index is 0.0966. The van der Waals surface area contributed by atoms with E-state index in [1.165, 1.54) is 35.1 Å². The van der Waals surface area contributed by atoms with Crippen LogP contribution < -0.4 is 5.32 Å². The van der Waals surface area contributed by atoms with Crippen LogP contribution in [0.3, 0.4) is 0 Å². The third-order valence-electron chi connectivity index (χ3n) is 5.82. The highest BCUT2D eigenvalue weighted by atomic mass is 16.2. The van der Waals surface area contributed by atoms with Crippen molar-refractivity contribution < 1.29 is 4.79 Å². The Morgan fingerprint density at radius 1 is 1.22 bits per heavy atom. The van der Waals surface area contributed by atoms with Crippen LogP contribution in [0.25, 0.3) is 0 Å². The topological polar surface area (TPSA) is 45.2 Å². The molecule has 0 radical (unpaired) electrons. The number of aromatic nitrogens is 1. The van der Waals surface area contributed by atoms with Crippen LogP contribution in [0.1, 0.15) is 78.0 Å². The molecule has 0 bridgehead atoms. The van der Waals surface area contributed by atoms with Gasteiger partial charge in [-0.3, -0.25) is 9.78 Å². The Balaban J connectivity index is 1.69. The molecule has 1 aromatic heterocycles. The molecule has 0 spiro atoms. The van der Waals surface area contributed by atoms with Crippen LogP contribution in [0.2, 0.25) is 0 Å². The number of benzene rings is 1. The van der Waals surface area contributed by atoms with E-state index in [1.807, 2.05) is 24.0 Å². The normalized spacial score (nSPS) is 19.4. The second-order valence-electron chi connectivity index (χ2n) is 8.95. The first-order valence-electron chi connectivity index (χ1n) is 9.94. The lowest BCUT2D eigenvalue weighted by atomic mass is 9.82. The Morgan fingerprint density at radius 3 is 2.70 bits per heavy atom. The SMILES string of the molecule is Cc1cc(C(=O)N2Cc3cc(C(C)(C)C)cc([C@@H]4CCCN4)c3C2)ccn1. The lowest BCUT2D eigenvalue weighted by Gasteiger charge is -2.24. The van der Waals surface area contributed by atoms with Crippen LogP contribution in [-0.2, 0) is 18.5 Å². The first kappa shape index (κ1) is 18.2. The number of nitrogens with zero attached hydrogens (tertiary/aromatic N) is 2. The van der Waals surface area contributed by atoms with E-state index in [2.05, 4.69) is 43.2 Å². The minimum absolute atomic E-state index is 0.0966. The number of hydrogen-bond acceptors (Lipinski definition) is 3. The summed E-state index contributed by atoms with van der Waals surface area (Å²) in [5.74, 6) is 0.0966. The van der Waals surface area contributed by atoms with Crippen LogP contribution in [0.15, 0.2) is 30.5 Å². The fourth-order valence-electron chi connectivity index (χ4n) is 4.24. The molecular weight excluding hydrogens is 334 g/mol. The third kappa shape index (κ3) is 3.51. The number of nitrogens with one attached hydrogen (secondary N) is 1. The molecule has 2 aliphatic heterocycles. The zero-order valence-corrected chi connectivity index (χ0v) is 16.8. The van der Waals surface area contributed by atoms with Crippen LogP contribution in [0, 0.1) is 6.92 Å². The van der Waals surface area contributed by atoms with Crippen molar-refractivity contribution in [2.75, 3.05) is 6.54 Å². The van der Waals surface area contributed by atoms with Crippen molar-refractivity contribution in [2.24, 2.45) is 0 Å². The summed E-state index contributed by atoms with van der Waals surface area (Å²) >= 11 is 0. The van der Waals surface area contributed by atoms with Crippen molar-refractivity contribution in [1.82, 2.24) is 15.2 Å². The summed E-state index contributed by atoms with van der Waals surface area (Å²) in [6, 6.07) is 8.81. The van der Waals surface area contributed by atoms with Gasteiger partial charge in [-0.1, -0.05) is 32.9 Å². The van der Waals surface area contributed by atoms with Crippen LogP contribution in [0.4, 0.5) is 0 Å². The number of fused-ring (bicyclic) bond motifs is 1. The maximum atomic E-state index is 13.1. The molecule has 1 amide bonds. The lowest BCUT2D eigenvalue weighted by Crippen LogP contribution is -2.25. The molecule has 4 heteroatoms. The monoisotopic (exact) mass is 363 g/mol. The number of carbonyl (C=O) groups excluding carboxylic acids is 1. The lowest BCUT2D eigenvalue weighted by molar-refractivity contribution is 0.0751. The first-order chi connectivity index (χ1) is 12.8. The quantitative estimate of drug-likeness (QED) is 0.867. The Labute approximate surface area is 162 Å². The maximum Gasteiger partial charge on any atom is 0.254 e. The van der Waals surface area contributed by atoms with Crippen molar-refractivity contribution in [3.8, 4) is 0 Å². The van der Waals surface area contributed by atoms with E-state index in [9.17, 15) is 4.79 Å². The Hall–Kier alpha value is -2.20. The number of pyridine rings is 1. The average Bonchev–Trinajstić information content (AvgIpc) is 3.29. The third-order valence-corrected chi connectivity index (χ3v) is 5.82. The van der Waals surface area contributed by atoms with E-state index in [1.54, 1.807) is 6.20 Å². The number of hydrogen-bond donors (Lipinski definition) is 1. The molecule has 27 heavy (non-hydrogen) atoms. The van der Waals surface area contributed by atoms with Gasteiger partial charge in [-0.15, -0.1) is 0 Å². The maximum absolute atomic E-state index is 13.1. The summed E-state index contributed by atoms with van der Waals surface area (Å²) in [6.45, 7) is 11.2. The summed E-state index contributed by atoms with van der Waals surface area (Å²) in [4.78, 5) is 19.3. The molecule has 142 valence electrons. The molecule has 1 saturated heterocycles. The van der Waals surface area contributed by atoms with E-state index in [0.717, 1.165) is 17.8 Å². The molecular formula is C23H29N3O. The number of amides is 1. The molecule has 4 rings (SSSR count). The molecule has 1 N–H and O–H groups in total. The predicted molar refractivity (Wildman–Crippen MR) is 108 cm³/mol. The number of carbonyl (C=O) groups is 1. The summed E-state index contributed by atoms with van der Waals surface area (Å²) in [7, 11) is 0. The van der Waals surface area contributed by atoms with Gasteiger partial charge in [0.25, 0.3) is 5.91 Å². The smallest absolute Gasteiger partial charge is 0.254 e. The Morgan fingerprint density at radius 2 is 2.04 bits per heavy atom. The van der Waals surface area contributed by atoms with Gasteiger partial charge in [0, 0.05) is 36.6 Å². The van der Waals surface area contributed by atoms with Gasteiger partial charge < -0.3 is 10.2 Å².